The van der Waals surface area contributed by atoms with Crippen molar-refractivity contribution in [2.75, 3.05) is 12.8 Å². The van der Waals surface area contributed by atoms with E-state index in [-0.39, 0.29) is 6.04 Å². The molecule has 21 heavy (non-hydrogen) atoms. The van der Waals surface area contributed by atoms with Gasteiger partial charge in [0.1, 0.15) is 0 Å². The molecule has 0 heterocycles. The van der Waals surface area contributed by atoms with E-state index in [0.717, 1.165) is 6.54 Å². The summed E-state index contributed by atoms with van der Waals surface area (Å²) in [5.74, 6) is 0. The average Bonchev–Trinajstić information content (AvgIpc) is 2.51. The van der Waals surface area contributed by atoms with Crippen LogP contribution in [0.2, 0.25) is 0 Å². The molecule has 0 fully saturated rings. The van der Waals surface area contributed by atoms with Crippen LogP contribution in [0.4, 0.5) is 0 Å². The van der Waals surface area contributed by atoms with Gasteiger partial charge in [0.05, 0.1) is 6.04 Å². The van der Waals surface area contributed by atoms with E-state index in [9.17, 15) is 0 Å². The number of rotatable bonds is 6. The van der Waals surface area contributed by atoms with Crippen molar-refractivity contribution in [1.29, 1.82) is 0 Å². The Labute approximate surface area is 133 Å². The standard InChI is InChI=1S/C19H25NS/c1-14-10-11-15(2)18(12-14)19(20-13-16(3)21-4)17-8-6-5-7-9-17/h5-12,16,19-20H,13H2,1-4H3. The molecule has 0 saturated carbocycles. The molecule has 2 unspecified atom stereocenters. The number of benzene rings is 2. The summed E-state index contributed by atoms with van der Waals surface area (Å²) in [6.07, 6.45) is 2.17. The zero-order valence-corrected chi connectivity index (χ0v) is 14.2. The Morgan fingerprint density at radius 2 is 1.76 bits per heavy atom. The van der Waals surface area contributed by atoms with E-state index < -0.39 is 0 Å². The van der Waals surface area contributed by atoms with E-state index in [1.54, 1.807) is 0 Å². The number of nitrogens with one attached hydrogen (secondary N) is 1. The molecule has 0 saturated heterocycles. The zero-order valence-electron chi connectivity index (χ0n) is 13.4. The van der Waals surface area contributed by atoms with Gasteiger partial charge in [-0.3, -0.25) is 0 Å². The molecular formula is C19H25NS. The third kappa shape index (κ3) is 4.36. The second-order valence-electron chi connectivity index (χ2n) is 5.66. The summed E-state index contributed by atoms with van der Waals surface area (Å²) >= 11 is 1.90. The highest BCUT2D eigenvalue weighted by atomic mass is 32.2. The molecule has 1 nitrogen and oxygen atoms in total. The molecule has 2 rings (SSSR count). The average molecular weight is 299 g/mol. The first-order valence-corrected chi connectivity index (χ1v) is 8.79. The van der Waals surface area contributed by atoms with Gasteiger partial charge in [-0.15, -0.1) is 0 Å². The third-order valence-electron chi connectivity index (χ3n) is 3.89. The van der Waals surface area contributed by atoms with Crippen molar-refractivity contribution < 1.29 is 0 Å². The third-order valence-corrected chi connectivity index (χ3v) is 4.86. The lowest BCUT2D eigenvalue weighted by Crippen LogP contribution is -2.28. The van der Waals surface area contributed by atoms with Crippen molar-refractivity contribution in [3.63, 3.8) is 0 Å². The maximum Gasteiger partial charge on any atom is 0.0579 e. The van der Waals surface area contributed by atoms with Crippen molar-refractivity contribution in [3.05, 3.63) is 70.8 Å². The molecule has 0 aliphatic carbocycles. The van der Waals surface area contributed by atoms with Crippen molar-refractivity contribution >= 4 is 11.8 Å². The maximum absolute atomic E-state index is 3.75. The minimum absolute atomic E-state index is 0.265. The maximum atomic E-state index is 3.75. The lowest BCUT2D eigenvalue weighted by molar-refractivity contribution is 0.602. The Morgan fingerprint density at radius 1 is 1.05 bits per heavy atom. The van der Waals surface area contributed by atoms with E-state index in [4.69, 9.17) is 0 Å². The quantitative estimate of drug-likeness (QED) is 0.827. The van der Waals surface area contributed by atoms with Crippen LogP contribution < -0.4 is 5.32 Å². The zero-order chi connectivity index (χ0) is 15.2. The van der Waals surface area contributed by atoms with Crippen LogP contribution in [-0.2, 0) is 0 Å². The molecule has 0 aliphatic rings. The second-order valence-corrected chi connectivity index (χ2v) is 6.93. The molecule has 2 heteroatoms. The Balaban J connectivity index is 2.33. The van der Waals surface area contributed by atoms with E-state index in [0.29, 0.717) is 5.25 Å². The van der Waals surface area contributed by atoms with Crippen molar-refractivity contribution in [2.24, 2.45) is 0 Å². The molecule has 2 aromatic carbocycles. The lowest BCUT2D eigenvalue weighted by Gasteiger charge is -2.23. The summed E-state index contributed by atoms with van der Waals surface area (Å²) in [7, 11) is 0. The summed E-state index contributed by atoms with van der Waals surface area (Å²) in [6.45, 7) is 7.64. The van der Waals surface area contributed by atoms with Gasteiger partial charge in [-0.1, -0.05) is 61.0 Å². The smallest absolute Gasteiger partial charge is 0.0579 e. The van der Waals surface area contributed by atoms with E-state index >= 15 is 0 Å². The van der Waals surface area contributed by atoms with Crippen LogP contribution in [0.25, 0.3) is 0 Å². The van der Waals surface area contributed by atoms with Crippen LogP contribution in [0.3, 0.4) is 0 Å². The van der Waals surface area contributed by atoms with Crippen molar-refractivity contribution in [1.82, 2.24) is 5.32 Å². The molecular weight excluding hydrogens is 274 g/mol. The summed E-state index contributed by atoms with van der Waals surface area (Å²) in [5, 5.41) is 4.36. The van der Waals surface area contributed by atoms with Gasteiger partial charge in [-0.25, -0.2) is 0 Å². The summed E-state index contributed by atoms with van der Waals surface area (Å²) in [5.41, 5.74) is 5.38. The van der Waals surface area contributed by atoms with Crippen LogP contribution >= 0.6 is 11.8 Å². The fraction of sp³-hybridized carbons (Fsp3) is 0.368. The Kier molecular flexibility index (Phi) is 5.89. The fourth-order valence-corrected chi connectivity index (χ4v) is 2.75. The first kappa shape index (κ1) is 16.1. The molecule has 112 valence electrons. The van der Waals surface area contributed by atoms with Crippen LogP contribution in [0.5, 0.6) is 0 Å². The molecule has 0 aliphatic heterocycles. The second kappa shape index (κ2) is 7.67. The molecule has 0 aromatic heterocycles. The first-order valence-electron chi connectivity index (χ1n) is 7.50. The van der Waals surface area contributed by atoms with Gasteiger partial charge in [0.15, 0.2) is 0 Å². The number of hydrogen-bond acceptors (Lipinski definition) is 2. The van der Waals surface area contributed by atoms with Gasteiger partial charge in [-0.2, -0.15) is 11.8 Å². The highest BCUT2D eigenvalue weighted by molar-refractivity contribution is 7.99. The minimum atomic E-state index is 0.265. The Bertz CT molecular complexity index is 565. The Morgan fingerprint density at radius 3 is 2.43 bits per heavy atom. The van der Waals surface area contributed by atoms with Crippen molar-refractivity contribution in [3.8, 4) is 0 Å². The molecule has 0 amide bonds. The lowest BCUT2D eigenvalue weighted by atomic mass is 9.93. The predicted octanol–water partition coefficient (Wildman–Crippen LogP) is 4.73. The number of hydrogen-bond donors (Lipinski definition) is 1. The monoisotopic (exact) mass is 299 g/mol. The predicted molar refractivity (Wildman–Crippen MR) is 95.2 cm³/mol. The molecule has 2 aromatic rings. The van der Waals surface area contributed by atoms with E-state index in [2.05, 4.69) is 80.9 Å². The Hall–Kier alpha value is -1.25. The fourth-order valence-electron chi connectivity index (χ4n) is 2.49. The van der Waals surface area contributed by atoms with Gasteiger partial charge < -0.3 is 5.32 Å². The van der Waals surface area contributed by atoms with Crippen LogP contribution in [0.1, 0.15) is 35.2 Å². The SMILES string of the molecule is CSC(C)CNC(c1ccccc1)c1cc(C)ccc1C. The molecule has 0 radical (unpaired) electrons. The van der Waals surface area contributed by atoms with Gasteiger partial charge >= 0.3 is 0 Å². The molecule has 0 spiro atoms. The van der Waals surface area contributed by atoms with Gasteiger partial charge in [0.2, 0.25) is 0 Å². The highest BCUT2D eigenvalue weighted by Gasteiger charge is 2.16. The van der Waals surface area contributed by atoms with E-state index in [1.165, 1.54) is 22.3 Å². The molecule has 1 N–H and O–H groups in total. The number of aryl methyl sites for hydroxylation is 2. The topological polar surface area (TPSA) is 12.0 Å². The number of thioether (sulfide) groups is 1. The molecule has 2 atom stereocenters. The summed E-state index contributed by atoms with van der Waals surface area (Å²) in [6, 6.07) is 17.7. The van der Waals surface area contributed by atoms with Crippen LogP contribution in [0.15, 0.2) is 48.5 Å². The van der Waals surface area contributed by atoms with Gasteiger partial charge in [0, 0.05) is 11.8 Å². The molecule has 0 bridgehead atoms. The normalized spacial score (nSPS) is 13.9. The van der Waals surface area contributed by atoms with Gasteiger partial charge in [0.25, 0.3) is 0 Å². The summed E-state index contributed by atoms with van der Waals surface area (Å²) in [4.78, 5) is 0. The largest absolute Gasteiger partial charge is 0.305 e. The van der Waals surface area contributed by atoms with E-state index in [1.807, 2.05) is 11.8 Å². The van der Waals surface area contributed by atoms with Gasteiger partial charge in [-0.05, 0) is 36.8 Å². The van der Waals surface area contributed by atoms with Crippen LogP contribution in [0, 0.1) is 13.8 Å². The minimum Gasteiger partial charge on any atom is -0.305 e. The van der Waals surface area contributed by atoms with Crippen molar-refractivity contribution in [2.45, 2.75) is 32.1 Å². The summed E-state index contributed by atoms with van der Waals surface area (Å²) < 4.78 is 0. The first-order chi connectivity index (χ1) is 10.1. The highest BCUT2D eigenvalue weighted by Crippen LogP contribution is 2.26. The van der Waals surface area contributed by atoms with Crippen LogP contribution in [-0.4, -0.2) is 18.1 Å².